The Bertz CT molecular complexity index is 286. The molecule has 1 aliphatic heterocycles. The van der Waals surface area contributed by atoms with Crippen molar-refractivity contribution in [1.29, 1.82) is 0 Å². The lowest BCUT2D eigenvalue weighted by Gasteiger charge is -2.29. The van der Waals surface area contributed by atoms with Crippen LogP contribution in [0.15, 0.2) is 12.7 Å². The van der Waals surface area contributed by atoms with E-state index in [2.05, 4.69) is 6.58 Å². The number of carbonyl (C=O) groups is 1. The minimum atomic E-state index is -0.471. The quantitative estimate of drug-likeness (QED) is 0.536. The molecule has 0 N–H and O–H groups in total. The molecule has 0 saturated carbocycles. The Labute approximate surface area is 97.8 Å². The van der Waals surface area contributed by atoms with Crippen LogP contribution >= 0.6 is 0 Å². The highest BCUT2D eigenvalue weighted by molar-refractivity contribution is 5.75. The molecule has 0 aromatic rings. The highest BCUT2D eigenvalue weighted by atomic mass is 16.6. The van der Waals surface area contributed by atoms with Crippen molar-refractivity contribution >= 4 is 5.97 Å². The van der Waals surface area contributed by atoms with Gasteiger partial charge in [0, 0.05) is 5.92 Å². The summed E-state index contributed by atoms with van der Waals surface area (Å²) < 4.78 is 11.0. The molecule has 0 bridgehead atoms. The monoisotopic (exact) mass is 226 g/mol. The molecule has 1 aliphatic rings. The van der Waals surface area contributed by atoms with Gasteiger partial charge in [-0.2, -0.15) is 0 Å². The van der Waals surface area contributed by atoms with Gasteiger partial charge in [0.2, 0.25) is 0 Å². The fourth-order valence-electron chi connectivity index (χ4n) is 2.04. The summed E-state index contributed by atoms with van der Waals surface area (Å²) in [6, 6.07) is 0. The SMILES string of the molecule is C=CC1COC(C)(C)[C@@H]1C(=O)OC(C)(C)C. The van der Waals surface area contributed by atoms with E-state index in [9.17, 15) is 4.79 Å². The largest absolute Gasteiger partial charge is 0.460 e. The van der Waals surface area contributed by atoms with Gasteiger partial charge in [-0.1, -0.05) is 6.08 Å². The minimum absolute atomic E-state index is 0.0462. The molecule has 16 heavy (non-hydrogen) atoms. The van der Waals surface area contributed by atoms with Crippen LogP contribution in [0.2, 0.25) is 0 Å². The average molecular weight is 226 g/mol. The summed E-state index contributed by atoms with van der Waals surface area (Å²) in [5.74, 6) is -0.408. The molecule has 1 saturated heterocycles. The first kappa shape index (κ1) is 13.2. The molecule has 1 heterocycles. The predicted molar refractivity (Wildman–Crippen MR) is 63.1 cm³/mol. The molecular formula is C13H22O3. The van der Waals surface area contributed by atoms with Crippen LogP contribution < -0.4 is 0 Å². The van der Waals surface area contributed by atoms with E-state index < -0.39 is 11.2 Å². The second kappa shape index (κ2) is 4.21. The topological polar surface area (TPSA) is 35.5 Å². The van der Waals surface area contributed by atoms with Crippen LogP contribution in [-0.4, -0.2) is 23.8 Å². The molecule has 0 aromatic heterocycles. The molecular weight excluding hydrogens is 204 g/mol. The summed E-state index contributed by atoms with van der Waals surface area (Å²) in [6.45, 7) is 13.8. The summed E-state index contributed by atoms with van der Waals surface area (Å²) >= 11 is 0. The van der Waals surface area contributed by atoms with Crippen LogP contribution in [-0.2, 0) is 14.3 Å². The fraction of sp³-hybridized carbons (Fsp3) is 0.769. The highest BCUT2D eigenvalue weighted by Gasteiger charge is 2.48. The number of hydrogen-bond acceptors (Lipinski definition) is 3. The molecule has 0 aromatic carbocycles. The van der Waals surface area contributed by atoms with Crippen LogP contribution in [0.4, 0.5) is 0 Å². The second-order valence-corrected chi connectivity index (χ2v) is 5.83. The lowest BCUT2D eigenvalue weighted by molar-refractivity contribution is -0.165. The lowest BCUT2D eigenvalue weighted by atomic mass is 9.83. The van der Waals surface area contributed by atoms with Gasteiger partial charge in [-0.25, -0.2) is 0 Å². The van der Waals surface area contributed by atoms with Crippen molar-refractivity contribution in [2.24, 2.45) is 11.8 Å². The first-order valence-electron chi connectivity index (χ1n) is 5.67. The molecule has 1 rings (SSSR count). The molecule has 0 radical (unpaired) electrons. The van der Waals surface area contributed by atoms with E-state index in [0.717, 1.165) is 0 Å². The van der Waals surface area contributed by atoms with Crippen molar-refractivity contribution in [2.45, 2.75) is 45.8 Å². The van der Waals surface area contributed by atoms with E-state index in [1.165, 1.54) is 0 Å². The molecule has 1 fully saturated rings. The normalized spacial score (nSPS) is 28.8. The molecule has 1 unspecified atom stereocenters. The van der Waals surface area contributed by atoms with Gasteiger partial charge < -0.3 is 9.47 Å². The minimum Gasteiger partial charge on any atom is -0.460 e. The van der Waals surface area contributed by atoms with E-state index >= 15 is 0 Å². The highest BCUT2D eigenvalue weighted by Crippen LogP contribution is 2.38. The van der Waals surface area contributed by atoms with Crippen LogP contribution in [0.25, 0.3) is 0 Å². The van der Waals surface area contributed by atoms with Gasteiger partial charge in [0.05, 0.1) is 18.1 Å². The van der Waals surface area contributed by atoms with Gasteiger partial charge in [-0.15, -0.1) is 6.58 Å². The Morgan fingerprint density at radius 2 is 2.06 bits per heavy atom. The van der Waals surface area contributed by atoms with Gasteiger partial charge in [0.25, 0.3) is 0 Å². The van der Waals surface area contributed by atoms with Crippen LogP contribution in [0.5, 0.6) is 0 Å². The van der Waals surface area contributed by atoms with Gasteiger partial charge >= 0.3 is 5.97 Å². The van der Waals surface area contributed by atoms with Crippen LogP contribution in [0.1, 0.15) is 34.6 Å². The van der Waals surface area contributed by atoms with E-state index in [0.29, 0.717) is 6.61 Å². The van der Waals surface area contributed by atoms with Crippen LogP contribution in [0, 0.1) is 11.8 Å². The van der Waals surface area contributed by atoms with Crippen LogP contribution in [0.3, 0.4) is 0 Å². The summed E-state index contributed by atoms with van der Waals surface area (Å²) in [6.07, 6.45) is 1.78. The molecule has 3 heteroatoms. The Balaban J connectivity index is 2.83. The zero-order chi connectivity index (χ0) is 12.6. The number of esters is 1. The Kier molecular flexibility index (Phi) is 3.48. The van der Waals surface area contributed by atoms with Gasteiger partial charge in [0.1, 0.15) is 5.60 Å². The Hall–Kier alpha value is -0.830. The molecule has 0 spiro atoms. The number of hydrogen-bond donors (Lipinski definition) is 0. The Morgan fingerprint density at radius 1 is 1.50 bits per heavy atom. The summed E-state index contributed by atoms with van der Waals surface area (Å²) in [4.78, 5) is 12.1. The summed E-state index contributed by atoms with van der Waals surface area (Å²) in [7, 11) is 0. The lowest BCUT2D eigenvalue weighted by Crippen LogP contribution is -2.40. The maximum Gasteiger partial charge on any atom is 0.313 e. The van der Waals surface area contributed by atoms with E-state index in [1.54, 1.807) is 6.08 Å². The predicted octanol–water partition coefficient (Wildman–Crippen LogP) is 2.56. The van der Waals surface area contributed by atoms with Crippen molar-refractivity contribution in [3.8, 4) is 0 Å². The Morgan fingerprint density at radius 3 is 2.50 bits per heavy atom. The molecule has 2 atom stereocenters. The third kappa shape index (κ3) is 2.85. The molecule has 92 valence electrons. The van der Waals surface area contributed by atoms with Crippen molar-refractivity contribution in [3.63, 3.8) is 0 Å². The first-order chi connectivity index (χ1) is 7.17. The van der Waals surface area contributed by atoms with E-state index in [4.69, 9.17) is 9.47 Å². The maximum atomic E-state index is 12.1. The first-order valence-corrected chi connectivity index (χ1v) is 5.67. The van der Waals surface area contributed by atoms with Gasteiger partial charge in [-0.05, 0) is 34.6 Å². The third-order valence-electron chi connectivity index (χ3n) is 2.79. The summed E-state index contributed by atoms with van der Waals surface area (Å²) in [5.41, 5.74) is -0.928. The zero-order valence-electron chi connectivity index (χ0n) is 10.9. The second-order valence-electron chi connectivity index (χ2n) is 5.83. The van der Waals surface area contributed by atoms with Crippen molar-refractivity contribution in [2.75, 3.05) is 6.61 Å². The number of rotatable bonds is 2. The molecule has 3 nitrogen and oxygen atoms in total. The number of ether oxygens (including phenoxy) is 2. The molecule has 0 amide bonds. The standard InChI is InChI=1S/C13H22O3/c1-7-9-8-15-13(5,6)10(9)11(14)16-12(2,3)4/h7,9-10H,1,8H2,2-6H3/t9?,10-/m0/s1. The van der Waals surface area contributed by atoms with Crippen molar-refractivity contribution in [1.82, 2.24) is 0 Å². The fourth-order valence-corrected chi connectivity index (χ4v) is 2.04. The summed E-state index contributed by atoms with van der Waals surface area (Å²) in [5, 5.41) is 0. The average Bonchev–Trinajstić information content (AvgIpc) is 2.37. The van der Waals surface area contributed by atoms with Crippen molar-refractivity contribution < 1.29 is 14.3 Å². The van der Waals surface area contributed by atoms with Crippen molar-refractivity contribution in [3.05, 3.63) is 12.7 Å². The number of carbonyl (C=O) groups excluding carboxylic acids is 1. The van der Waals surface area contributed by atoms with E-state index in [-0.39, 0.29) is 17.8 Å². The third-order valence-corrected chi connectivity index (χ3v) is 2.79. The van der Waals surface area contributed by atoms with Gasteiger partial charge in [0.15, 0.2) is 0 Å². The zero-order valence-corrected chi connectivity index (χ0v) is 10.9. The van der Waals surface area contributed by atoms with E-state index in [1.807, 2.05) is 34.6 Å². The smallest absolute Gasteiger partial charge is 0.313 e. The molecule has 0 aliphatic carbocycles. The maximum absolute atomic E-state index is 12.1. The van der Waals surface area contributed by atoms with Gasteiger partial charge in [-0.3, -0.25) is 4.79 Å².